The van der Waals surface area contributed by atoms with E-state index in [2.05, 4.69) is 5.32 Å². The second-order valence-electron chi connectivity index (χ2n) is 4.14. The Morgan fingerprint density at radius 1 is 1.53 bits per heavy atom. The minimum atomic E-state index is -1.09. The number of benzene rings is 1. The van der Waals surface area contributed by atoms with E-state index < -0.39 is 10.9 Å². The predicted molar refractivity (Wildman–Crippen MR) is 71.9 cm³/mol. The van der Waals surface area contributed by atoms with Gasteiger partial charge in [-0.15, -0.1) is 0 Å². The molecule has 2 N–H and O–H groups in total. The lowest BCUT2D eigenvalue weighted by molar-refractivity contribution is -0.384. The summed E-state index contributed by atoms with van der Waals surface area (Å²) >= 11 is 0. The van der Waals surface area contributed by atoms with Crippen LogP contribution in [0.2, 0.25) is 0 Å². The average Bonchev–Trinajstić information content (AvgIpc) is 2.37. The van der Waals surface area contributed by atoms with Crippen LogP contribution in [-0.4, -0.2) is 43.2 Å². The zero-order valence-electron chi connectivity index (χ0n) is 10.9. The summed E-state index contributed by atoms with van der Waals surface area (Å²) in [6.45, 7) is 1.41. The number of rotatable bonds is 7. The van der Waals surface area contributed by atoms with E-state index in [9.17, 15) is 14.9 Å². The molecule has 7 nitrogen and oxygen atoms in total. The molecule has 0 saturated carbocycles. The molecule has 1 aromatic carbocycles. The van der Waals surface area contributed by atoms with E-state index in [1.807, 2.05) is 7.05 Å². The van der Waals surface area contributed by atoms with Gasteiger partial charge in [-0.2, -0.15) is 0 Å². The van der Waals surface area contributed by atoms with Crippen LogP contribution in [0.15, 0.2) is 18.2 Å². The molecule has 0 heterocycles. The zero-order valence-corrected chi connectivity index (χ0v) is 10.9. The molecule has 0 saturated heterocycles. The molecule has 0 unspecified atom stereocenters. The fraction of sp³-hybridized carbons (Fsp3) is 0.417. The number of anilines is 1. The number of hydrogen-bond donors (Lipinski definition) is 2. The third-order valence-electron chi connectivity index (χ3n) is 2.75. The van der Waals surface area contributed by atoms with E-state index in [1.165, 1.54) is 18.2 Å². The molecule has 0 aliphatic rings. The maximum atomic E-state index is 11.1. The Morgan fingerprint density at radius 3 is 2.74 bits per heavy atom. The monoisotopic (exact) mass is 267 g/mol. The quantitative estimate of drug-likeness (QED) is 0.439. The number of nitro benzene ring substituents is 1. The van der Waals surface area contributed by atoms with Gasteiger partial charge < -0.3 is 15.3 Å². The van der Waals surface area contributed by atoms with Gasteiger partial charge in [-0.1, -0.05) is 0 Å². The highest BCUT2D eigenvalue weighted by Crippen LogP contribution is 2.25. The first-order valence-electron chi connectivity index (χ1n) is 5.85. The molecule has 0 aliphatic carbocycles. The van der Waals surface area contributed by atoms with Gasteiger partial charge >= 0.3 is 5.97 Å². The third kappa shape index (κ3) is 3.92. The Hall–Kier alpha value is -2.15. The van der Waals surface area contributed by atoms with Crippen molar-refractivity contribution >= 4 is 17.3 Å². The van der Waals surface area contributed by atoms with Gasteiger partial charge in [0.25, 0.3) is 5.69 Å². The van der Waals surface area contributed by atoms with Crippen molar-refractivity contribution in [3.63, 3.8) is 0 Å². The van der Waals surface area contributed by atoms with Gasteiger partial charge in [0.05, 0.1) is 16.2 Å². The van der Waals surface area contributed by atoms with Crippen molar-refractivity contribution in [2.24, 2.45) is 0 Å². The van der Waals surface area contributed by atoms with E-state index in [0.717, 1.165) is 13.0 Å². The van der Waals surface area contributed by atoms with Gasteiger partial charge in [0.2, 0.25) is 0 Å². The van der Waals surface area contributed by atoms with Crippen LogP contribution in [0.4, 0.5) is 11.4 Å². The van der Waals surface area contributed by atoms with Crippen LogP contribution in [0.25, 0.3) is 0 Å². The highest BCUT2D eigenvalue weighted by Gasteiger charge is 2.17. The van der Waals surface area contributed by atoms with Crippen LogP contribution < -0.4 is 10.2 Å². The van der Waals surface area contributed by atoms with Gasteiger partial charge in [0.1, 0.15) is 0 Å². The minimum absolute atomic E-state index is 0.0672. The Labute approximate surface area is 111 Å². The van der Waals surface area contributed by atoms with Gasteiger partial charge in [0.15, 0.2) is 0 Å². The third-order valence-corrected chi connectivity index (χ3v) is 2.75. The van der Waals surface area contributed by atoms with Crippen molar-refractivity contribution in [2.75, 3.05) is 32.1 Å². The Morgan fingerprint density at radius 2 is 2.21 bits per heavy atom. The summed E-state index contributed by atoms with van der Waals surface area (Å²) in [7, 11) is 3.55. The molecule has 1 rings (SSSR count). The summed E-state index contributed by atoms with van der Waals surface area (Å²) in [5, 5.41) is 22.8. The Balaban J connectivity index is 3.02. The number of nitrogens with one attached hydrogen (secondary N) is 1. The van der Waals surface area contributed by atoms with Crippen LogP contribution in [0.1, 0.15) is 16.8 Å². The highest BCUT2D eigenvalue weighted by atomic mass is 16.6. The van der Waals surface area contributed by atoms with Crippen LogP contribution in [0.3, 0.4) is 0 Å². The number of carboxylic acids is 1. The van der Waals surface area contributed by atoms with E-state index in [1.54, 1.807) is 11.9 Å². The molecule has 0 bridgehead atoms. The number of aromatic carboxylic acids is 1. The molecule has 19 heavy (non-hydrogen) atoms. The van der Waals surface area contributed by atoms with Crippen LogP contribution >= 0.6 is 0 Å². The number of nitro groups is 1. The Bertz CT molecular complexity index is 476. The first-order chi connectivity index (χ1) is 8.97. The summed E-state index contributed by atoms with van der Waals surface area (Å²) in [5.41, 5.74) is 0.316. The van der Waals surface area contributed by atoms with E-state index in [4.69, 9.17) is 5.11 Å². The lowest BCUT2D eigenvalue weighted by atomic mass is 10.1. The van der Waals surface area contributed by atoms with Crippen LogP contribution in [0.5, 0.6) is 0 Å². The van der Waals surface area contributed by atoms with Crippen LogP contribution in [0, 0.1) is 10.1 Å². The van der Waals surface area contributed by atoms with Crippen molar-refractivity contribution < 1.29 is 14.8 Å². The molecule has 1 aromatic rings. The SMILES string of the molecule is CNCCCN(C)c1cc([N+](=O)[O-])ccc1C(=O)O. The van der Waals surface area contributed by atoms with Crippen molar-refractivity contribution in [3.05, 3.63) is 33.9 Å². The molecule has 0 amide bonds. The zero-order chi connectivity index (χ0) is 14.4. The van der Waals surface area contributed by atoms with Gasteiger partial charge in [-0.25, -0.2) is 4.79 Å². The molecular formula is C12H17N3O4. The maximum Gasteiger partial charge on any atom is 0.337 e. The van der Waals surface area contributed by atoms with E-state index in [-0.39, 0.29) is 11.3 Å². The van der Waals surface area contributed by atoms with Gasteiger partial charge in [0, 0.05) is 25.7 Å². The fourth-order valence-electron chi connectivity index (χ4n) is 1.74. The molecule has 0 atom stereocenters. The molecule has 0 aliphatic heterocycles. The van der Waals surface area contributed by atoms with Crippen molar-refractivity contribution in [2.45, 2.75) is 6.42 Å². The first-order valence-corrected chi connectivity index (χ1v) is 5.85. The number of nitrogens with zero attached hydrogens (tertiary/aromatic N) is 2. The summed E-state index contributed by atoms with van der Waals surface area (Å²) in [6.07, 6.45) is 0.814. The molecule has 0 radical (unpaired) electrons. The lowest BCUT2D eigenvalue weighted by Gasteiger charge is -2.20. The number of carboxylic acid groups (broad SMARTS) is 1. The Kier molecular flexibility index (Phi) is 5.25. The van der Waals surface area contributed by atoms with Crippen molar-refractivity contribution in [1.82, 2.24) is 5.32 Å². The largest absolute Gasteiger partial charge is 0.478 e. The number of carbonyl (C=O) groups is 1. The normalized spacial score (nSPS) is 10.2. The maximum absolute atomic E-state index is 11.1. The summed E-state index contributed by atoms with van der Waals surface area (Å²) in [4.78, 5) is 23.1. The number of non-ortho nitro benzene ring substituents is 1. The predicted octanol–water partition coefficient (Wildman–Crippen LogP) is 1.34. The second-order valence-corrected chi connectivity index (χ2v) is 4.14. The average molecular weight is 267 g/mol. The fourth-order valence-corrected chi connectivity index (χ4v) is 1.74. The lowest BCUT2D eigenvalue weighted by Crippen LogP contribution is -2.24. The summed E-state index contributed by atoms with van der Waals surface area (Å²) in [6, 6.07) is 3.77. The van der Waals surface area contributed by atoms with Gasteiger partial charge in [-0.3, -0.25) is 10.1 Å². The standard InChI is InChI=1S/C12H17N3O4/c1-13-6-3-7-14(2)11-8-9(15(18)19)4-5-10(11)12(16)17/h4-5,8,13H,3,6-7H2,1-2H3,(H,16,17). The van der Waals surface area contributed by atoms with Crippen LogP contribution in [-0.2, 0) is 0 Å². The van der Waals surface area contributed by atoms with Crippen molar-refractivity contribution in [1.29, 1.82) is 0 Å². The molecule has 104 valence electrons. The van der Waals surface area contributed by atoms with E-state index in [0.29, 0.717) is 12.2 Å². The highest BCUT2D eigenvalue weighted by molar-refractivity contribution is 5.95. The van der Waals surface area contributed by atoms with Crippen molar-refractivity contribution in [3.8, 4) is 0 Å². The summed E-state index contributed by atoms with van der Waals surface area (Å²) < 4.78 is 0. The molecule has 0 aromatic heterocycles. The summed E-state index contributed by atoms with van der Waals surface area (Å²) in [5.74, 6) is -1.09. The number of hydrogen-bond acceptors (Lipinski definition) is 5. The molecular weight excluding hydrogens is 250 g/mol. The first kappa shape index (κ1) is 14.9. The second kappa shape index (κ2) is 6.69. The van der Waals surface area contributed by atoms with E-state index >= 15 is 0 Å². The molecule has 0 spiro atoms. The smallest absolute Gasteiger partial charge is 0.337 e. The molecule has 7 heteroatoms. The minimum Gasteiger partial charge on any atom is -0.478 e. The molecule has 0 fully saturated rings. The topological polar surface area (TPSA) is 95.7 Å². The van der Waals surface area contributed by atoms with Gasteiger partial charge in [-0.05, 0) is 26.1 Å².